The molecule has 0 unspecified atom stereocenters. The molecule has 1 fully saturated rings. The molecule has 2 aliphatic rings. The molecule has 1 aliphatic heterocycles. The maximum absolute atomic E-state index is 12.4. The highest BCUT2D eigenvalue weighted by atomic mass is 79.9. The van der Waals surface area contributed by atoms with E-state index in [2.05, 4.69) is 22.0 Å². The van der Waals surface area contributed by atoms with Crippen LogP contribution in [0.4, 0.5) is 5.69 Å². The van der Waals surface area contributed by atoms with E-state index in [9.17, 15) is 9.59 Å². The molecule has 3 rings (SSSR count). The number of fused-ring (bicyclic) bond motifs is 1. The fourth-order valence-electron chi connectivity index (χ4n) is 2.88. The van der Waals surface area contributed by atoms with Gasteiger partial charge in [-0.15, -0.1) is 0 Å². The number of rotatable bonds is 1. The third-order valence-electron chi connectivity index (χ3n) is 3.91. The standard InChI is InChI=1S/C15H14BrNO2/c1-9-2-7-12-13(8-9)15(19)17(14(12)18)11-5-3-10(16)4-6-11/h2-6,12-13H,7-8H2,1H3/t12-,13+/m0/s1. The van der Waals surface area contributed by atoms with E-state index < -0.39 is 0 Å². The van der Waals surface area contributed by atoms with Gasteiger partial charge in [0, 0.05) is 4.47 Å². The van der Waals surface area contributed by atoms with E-state index in [-0.39, 0.29) is 23.7 Å². The van der Waals surface area contributed by atoms with E-state index in [1.165, 1.54) is 10.5 Å². The summed E-state index contributed by atoms with van der Waals surface area (Å²) in [5.74, 6) is -0.438. The lowest BCUT2D eigenvalue weighted by molar-refractivity contribution is -0.122. The number of imide groups is 1. The van der Waals surface area contributed by atoms with Crippen LogP contribution in [0, 0.1) is 11.8 Å². The van der Waals surface area contributed by atoms with Gasteiger partial charge in [0.2, 0.25) is 11.8 Å². The zero-order valence-corrected chi connectivity index (χ0v) is 12.2. The van der Waals surface area contributed by atoms with Gasteiger partial charge in [0.15, 0.2) is 0 Å². The molecule has 1 saturated heterocycles. The van der Waals surface area contributed by atoms with Gasteiger partial charge in [0.1, 0.15) is 0 Å². The molecule has 0 saturated carbocycles. The summed E-state index contributed by atoms with van der Waals surface area (Å²) >= 11 is 3.36. The first-order chi connectivity index (χ1) is 9.08. The molecule has 19 heavy (non-hydrogen) atoms. The van der Waals surface area contributed by atoms with Crippen LogP contribution in [0.25, 0.3) is 0 Å². The normalized spacial score (nSPS) is 26.4. The second-order valence-electron chi connectivity index (χ2n) is 5.19. The zero-order valence-electron chi connectivity index (χ0n) is 10.6. The lowest BCUT2D eigenvalue weighted by Crippen LogP contribution is -2.30. The van der Waals surface area contributed by atoms with Crippen LogP contribution in [-0.2, 0) is 9.59 Å². The lowest BCUT2D eigenvalue weighted by Gasteiger charge is -2.18. The molecule has 3 nitrogen and oxygen atoms in total. The molecular formula is C15H14BrNO2. The van der Waals surface area contributed by atoms with E-state index in [0.29, 0.717) is 18.5 Å². The topological polar surface area (TPSA) is 37.4 Å². The summed E-state index contributed by atoms with van der Waals surface area (Å²) in [5.41, 5.74) is 1.88. The van der Waals surface area contributed by atoms with Crippen LogP contribution in [0.5, 0.6) is 0 Å². The van der Waals surface area contributed by atoms with Crippen molar-refractivity contribution in [2.45, 2.75) is 19.8 Å². The van der Waals surface area contributed by atoms with E-state index in [0.717, 1.165) is 4.47 Å². The first kappa shape index (κ1) is 12.6. The molecule has 2 atom stereocenters. The first-order valence-corrected chi connectivity index (χ1v) is 7.16. The van der Waals surface area contributed by atoms with Gasteiger partial charge in [-0.2, -0.15) is 0 Å². The second kappa shape index (κ2) is 4.60. The van der Waals surface area contributed by atoms with Gasteiger partial charge >= 0.3 is 0 Å². The molecule has 1 aromatic carbocycles. The molecule has 98 valence electrons. The Morgan fingerprint density at radius 2 is 1.74 bits per heavy atom. The summed E-state index contributed by atoms with van der Waals surface area (Å²) in [6.07, 6.45) is 3.48. The van der Waals surface area contributed by atoms with Crippen molar-refractivity contribution in [3.05, 3.63) is 40.4 Å². The van der Waals surface area contributed by atoms with E-state index in [1.807, 2.05) is 19.1 Å². The minimum atomic E-state index is -0.167. The Kier molecular flexibility index (Phi) is 3.05. The first-order valence-electron chi connectivity index (χ1n) is 6.37. The monoisotopic (exact) mass is 319 g/mol. The van der Waals surface area contributed by atoms with Crippen LogP contribution in [0.2, 0.25) is 0 Å². The fraction of sp³-hybridized carbons (Fsp3) is 0.333. The van der Waals surface area contributed by atoms with Crippen molar-refractivity contribution in [3.63, 3.8) is 0 Å². The Labute approximate surface area is 120 Å². The minimum Gasteiger partial charge on any atom is -0.274 e. The third kappa shape index (κ3) is 2.04. The molecule has 0 bridgehead atoms. The summed E-state index contributed by atoms with van der Waals surface area (Å²) < 4.78 is 0.935. The predicted octanol–water partition coefficient (Wildman–Crippen LogP) is 3.29. The van der Waals surface area contributed by atoms with Crippen molar-refractivity contribution < 1.29 is 9.59 Å². The van der Waals surface area contributed by atoms with Crippen molar-refractivity contribution in [3.8, 4) is 0 Å². The number of carbonyl (C=O) groups is 2. The molecule has 1 aliphatic carbocycles. The van der Waals surface area contributed by atoms with Crippen LogP contribution in [0.1, 0.15) is 19.8 Å². The number of benzene rings is 1. The summed E-state index contributed by atoms with van der Waals surface area (Å²) in [4.78, 5) is 26.2. The number of nitrogens with zero attached hydrogens (tertiary/aromatic N) is 1. The summed E-state index contributed by atoms with van der Waals surface area (Å²) in [5, 5.41) is 0. The molecule has 1 heterocycles. The van der Waals surface area contributed by atoms with Gasteiger partial charge in [-0.3, -0.25) is 14.5 Å². The highest BCUT2D eigenvalue weighted by Gasteiger charge is 2.48. The third-order valence-corrected chi connectivity index (χ3v) is 4.44. The smallest absolute Gasteiger partial charge is 0.238 e. The fourth-order valence-corrected chi connectivity index (χ4v) is 3.15. The Hall–Kier alpha value is -1.42. The maximum Gasteiger partial charge on any atom is 0.238 e. The molecule has 2 amide bonds. The quantitative estimate of drug-likeness (QED) is 0.588. The number of carbonyl (C=O) groups excluding carboxylic acids is 2. The number of halogens is 1. The van der Waals surface area contributed by atoms with E-state index in [1.54, 1.807) is 12.1 Å². The number of anilines is 1. The van der Waals surface area contributed by atoms with Crippen molar-refractivity contribution in [2.24, 2.45) is 11.8 Å². The van der Waals surface area contributed by atoms with Crippen molar-refractivity contribution >= 4 is 33.4 Å². The van der Waals surface area contributed by atoms with Gasteiger partial charge < -0.3 is 0 Å². The molecule has 4 heteroatoms. The van der Waals surface area contributed by atoms with E-state index >= 15 is 0 Å². The average Bonchev–Trinajstić information content (AvgIpc) is 2.63. The molecule has 0 aromatic heterocycles. The minimum absolute atomic E-state index is 0.0511. The van der Waals surface area contributed by atoms with Gasteiger partial charge in [-0.25, -0.2) is 0 Å². The van der Waals surface area contributed by atoms with Crippen LogP contribution in [-0.4, -0.2) is 11.8 Å². The number of allylic oxidation sites excluding steroid dienone is 2. The largest absolute Gasteiger partial charge is 0.274 e. The summed E-state index contributed by atoms with van der Waals surface area (Å²) in [6, 6.07) is 7.30. The van der Waals surface area contributed by atoms with Gasteiger partial charge in [-0.1, -0.05) is 27.6 Å². The predicted molar refractivity (Wildman–Crippen MR) is 76.6 cm³/mol. The molecular weight excluding hydrogens is 306 g/mol. The molecule has 0 radical (unpaired) electrons. The van der Waals surface area contributed by atoms with E-state index in [4.69, 9.17) is 0 Å². The Balaban J connectivity index is 1.95. The van der Waals surface area contributed by atoms with Crippen molar-refractivity contribution in [1.82, 2.24) is 0 Å². The Morgan fingerprint density at radius 3 is 2.42 bits per heavy atom. The molecule has 0 spiro atoms. The van der Waals surface area contributed by atoms with Crippen LogP contribution in [0.3, 0.4) is 0 Å². The van der Waals surface area contributed by atoms with Gasteiger partial charge in [0.25, 0.3) is 0 Å². The second-order valence-corrected chi connectivity index (χ2v) is 6.11. The number of amides is 2. The number of hydrogen-bond donors (Lipinski definition) is 0. The van der Waals surface area contributed by atoms with Crippen LogP contribution < -0.4 is 4.90 Å². The zero-order chi connectivity index (χ0) is 13.6. The van der Waals surface area contributed by atoms with Crippen molar-refractivity contribution in [1.29, 1.82) is 0 Å². The Morgan fingerprint density at radius 1 is 1.11 bits per heavy atom. The lowest BCUT2D eigenvalue weighted by atomic mass is 9.82. The highest BCUT2D eigenvalue weighted by Crippen LogP contribution is 2.39. The van der Waals surface area contributed by atoms with Gasteiger partial charge in [-0.05, 0) is 44.0 Å². The summed E-state index contributed by atoms with van der Waals surface area (Å²) in [7, 11) is 0. The van der Waals surface area contributed by atoms with Crippen LogP contribution >= 0.6 is 15.9 Å². The van der Waals surface area contributed by atoms with Crippen LogP contribution in [0.15, 0.2) is 40.4 Å². The average molecular weight is 320 g/mol. The SMILES string of the molecule is CC1=CC[C@@H]2C(=O)N(c3ccc(Br)cc3)C(=O)[C@@H]2C1. The van der Waals surface area contributed by atoms with Gasteiger partial charge in [0.05, 0.1) is 17.5 Å². The maximum atomic E-state index is 12.4. The highest BCUT2D eigenvalue weighted by molar-refractivity contribution is 9.10. The molecule has 1 aromatic rings. The van der Waals surface area contributed by atoms with Crippen molar-refractivity contribution in [2.75, 3.05) is 4.90 Å². The molecule has 0 N–H and O–H groups in total. The summed E-state index contributed by atoms with van der Waals surface area (Å²) in [6.45, 7) is 2.02. The Bertz CT molecular complexity index is 576. The number of hydrogen-bond acceptors (Lipinski definition) is 2.